The average molecular weight is 321 g/mol. The van der Waals surface area contributed by atoms with Crippen LogP contribution in [-0.4, -0.2) is 39.4 Å². The second-order valence-electron chi connectivity index (χ2n) is 5.65. The zero-order valence-corrected chi connectivity index (χ0v) is 13.4. The van der Waals surface area contributed by atoms with E-state index in [0.29, 0.717) is 11.1 Å². The van der Waals surface area contributed by atoms with Gasteiger partial charge in [-0.25, -0.2) is 0 Å². The summed E-state index contributed by atoms with van der Waals surface area (Å²) in [5.74, 6) is 0.0168. The molecular weight excluding hydrogens is 300 g/mol. The van der Waals surface area contributed by atoms with Crippen LogP contribution in [0.15, 0.2) is 30.6 Å². The maximum atomic E-state index is 12.9. The molecule has 1 aliphatic heterocycles. The first-order chi connectivity index (χ1) is 10.2. The van der Waals surface area contributed by atoms with Crippen LogP contribution < -0.4 is 5.73 Å². The predicted molar refractivity (Wildman–Crippen MR) is 89.1 cm³/mol. The van der Waals surface area contributed by atoms with Gasteiger partial charge in [0.2, 0.25) is 0 Å². The van der Waals surface area contributed by atoms with E-state index in [1.165, 1.54) is 0 Å². The number of piperidine rings is 1. The lowest BCUT2D eigenvalue weighted by Gasteiger charge is -2.38. The maximum absolute atomic E-state index is 12.9. The molecule has 1 aromatic heterocycles. The Balaban J connectivity index is 0.00000176. The highest BCUT2D eigenvalue weighted by Crippen LogP contribution is 2.23. The molecule has 0 spiro atoms. The van der Waals surface area contributed by atoms with Crippen molar-refractivity contribution < 1.29 is 4.79 Å². The number of amides is 1. The normalized spacial score (nSPS) is 19.5. The van der Waals surface area contributed by atoms with Crippen LogP contribution in [0, 0.1) is 0 Å². The lowest BCUT2D eigenvalue weighted by Crippen LogP contribution is -2.51. The molecule has 2 heterocycles. The number of hydrogen-bond donors (Lipinski definition) is 1. The van der Waals surface area contributed by atoms with Crippen molar-refractivity contribution in [1.29, 1.82) is 0 Å². The molecule has 2 N–H and O–H groups in total. The number of aromatic nitrogens is 2. The number of likely N-dealkylation sites (tertiary alicyclic amines) is 1. The number of halogens is 1. The van der Waals surface area contributed by atoms with Crippen LogP contribution in [0.5, 0.6) is 0 Å². The first kappa shape index (κ1) is 16.6. The topological polar surface area (TPSA) is 72.1 Å². The Morgan fingerprint density at radius 2 is 2.09 bits per heavy atom. The number of para-hydroxylation sites is 1. The molecule has 0 saturated carbocycles. The molecule has 2 aromatic rings. The fourth-order valence-electron chi connectivity index (χ4n) is 3.08. The third kappa shape index (κ3) is 3.05. The highest BCUT2D eigenvalue weighted by atomic mass is 35.5. The summed E-state index contributed by atoms with van der Waals surface area (Å²) in [6.45, 7) is 2.74. The Kier molecular flexibility index (Phi) is 5.32. The summed E-state index contributed by atoms with van der Waals surface area (Å²) in [5.41, 5.74) is 8.10. The van der Waals surface area contributed by atoms with Crippen molar-refractivity contribution in [3.8, 4) is 0 Å². The molecule has 6 heteroatoms. The summed E-state index contributed by atoms with van der Waals surface area (Å²) in [4.78, 5) is 23.4. The van der Waals surface area contributed by atoms with Gasteiger partial charge in [0.05, 0.1) is 11.1 Å². The van der Waals surface area contributed by atoms with Crippen LogP contribution in [0.25, 0.3) is 11.0 Å². The molecule has 118 valence electrons. The van der Waals surface area contributed by atoms with E-state index < -0.39 is 0 Å². The van der Waals surface area contributed by atoms with E-state index in [-0.39, 0.29) is 30.4 Å². The van der Waals surface area contributed by atoms with Crippen molar-refractivity contribution in [2.24, 2.45) is 5.73 Å². The zero-order valence-electron chi connectivity index (χ0n) is 12.6. The van der Waals surface area contributed by atoms with Gasteiger partial charge in [-0.1, -0.05) is 6.07 Å². The second kappa shape index (κ2) is 7.03. The van der Waals surface area contributed by atoms with E-state index in [1.807, 2.05) is 30.0 Å². The summed E-state index contributed by atoms with van der Waals surface area (Å²) in [7, 11) is 0. The third-order valence-electron chi connectivity index (χ3n) is 4.15. The lowest BCUT2D eigenvalue weighted by molar-refractivity contribution is 0.0585. The van der Waals surface area contributed by atoms with E-state index in [9.17, 15) is 4.79 Å². The number of rotatable bonds is 2. The van der Waals surface area contributed by atoms with Gasteiger partial charge in [0.15, 0.2) is 0 Å². The van der Waals surface area contributed by atoms with E-state index in [0.717, 1.165) is 31.3 Å². The molecule has 2 unspecified atom stereocenters. The van der Waals surface area contributed by atoms with Crippen molar-refractivity contribution in [3.05, 3.63) is 36.2 Å². The number of fused-ring (bicyclic) bond motifs is 1. The number of nitrogens with zero attached hydrogens (tertiary/aromatic N) is 3. The summed E-state index contributed by atoms with van der Waals surface area (Å²) in [6, 6.07) is 5.65. The fourth-order valence-corrected chi connectivity index (χ4v) is 3.08. The van der Waals surface area contributed by atoms with Gasteiger partial charge in [0.25, 0.3) is 5.91 Å². The highest BCUT2D eigenvalue weighted by Gasteiger charge is 2.30. The van der Waals surface area contributed by atoms with Crippen LogP contribution in [0.1, 0.15) is 36.5 Å². The molecule has 5 nitrogen and oxygen atoms in total. The van der Waals surface area contributed by atoms with Crippen molar-refractivity contribution in [2.45, 2.75) is 38.3 Å². The van der Waals surface area contributed by atoms with E-state index in [1.54, 1.807) is 12.4 Å². The molecule has 22 heavy (non-hydrogen) atoms. The summed E-state index contributed by atoms with van der Waals surface area (Å²) in [5, 5.41) is 0. The Labute approximate surface area is 136 Å². The molecule has 1 aromatic carbocycles. The van der Waals surface area contributed by atoms with Crippen molar-refractivity contribution in [3.63, 3.8) is 0 Å². The molecule has 1 aliphatic rings. The van der Waals surface area contributed by atoms with E-state index in [2.05, 4.69) is 9.97 Å². The molecule has 1 fully saturated rings. The van der Waals surface area contributed by atoms with Crippen molar-refractivity contribution in [2.75, 3.05) is 6.54 Å². The van der Waals surface area contributed by atoms with Gasteiger partial charge in [-0.05, 0) is 38.3 Å². The predicted octanol–water partition coefficient (Wildman–Crippen LogP) is 2.39. The minimum Gasteiger partial charge on any atom is -0.334 e. The van der Waals surface area contributed by atoms with Gasteiger partial charge in [-0.3, -0.25) is 14.8 Å². The third-order valence-corrected chi connectivity index (χ3v) is 4.15. The summed E-state index contributed by atoms with van der Waals surface area (Å²) < 4.78 is 0. The minimum absolute atomic E-state index is 0. The van der Waals surface area contributed by atoms with E-state index in [4.69, 9.17) is 5.73 Å². The van der Waals surface area contributed by atoms with Gasteiger partial charge in [-0.15, -0.1) is 12.4 Å². The Hall–Kier alpha value is -1.72. The largest absolute Gasteiger partial charge is 0.334 e. The van der Waals surface area contributed by atoms with Gasteiger partial charge >= 0.3 is 0 Å². The second-order valence-corrected chi connectivity index (χ2v) is 5.65. The summed E-state index contributed by atoms with van der Waals surface area (Å²) >= 11 is 0. The quantitative estimate of drug-likeness (QED) is 0.922. The van der Waals surface area contributed by atoms with Crippen LogP contribution >= 0.6 is 12.4 Å². The molecule has 0 aliphatic carbocycles. The first-order valence-electron chi connectivity index (χ1n) is 7.45. The Bertz CT molecular complexity index is 656. The van der Waals surface area contributed by atoms with Gasteiger partial charge in [0, 0.05) is 31.0 Å². The van der Waals surface area contributed by atoms with Crippen LogP contribution in [0.4, 0.5) is 0 Å². The molecule has 0 bridgehead atoms. The lowest BCUT2D eigenvalue weighted by atomic mass is 9.96. The van der Waals surface area contributed by atoms with Gasteiger partial charge in [-0.2, -0.15) is 0 Å². The fraction of sp³-hybridized carbons (Fsp3) is 0.438. The molecule has 2 atom stereocenters. The number of nitrogens with two attached hydrogens (primary N) is 1. The highest BCUT2D eigenvalue weighted by molar-refractivity contribution is 6.04. The van der Waals surface area contributed by atoms with Crippen LogP contribution in [-0.2, 0) is 0 Å². The Morgan fingerprint density at radius 3 is 2.86 bits per heavy atom. The van der Waals surface area contributed by atoms with E-state index >= 15 is 0 Å². The minimum atomic E-state index is -0.0182. The number of benzene rings is 1. The zero-order chi connectivity index (χ0) is 14.8. The Morgan fingerprint density at radius 1 is 1.32 bits per heavy atom. The van der Waals surface area contributed by atoms with Crippen molar-refractivity contribution >= 4 is 29.3 Å². The van der Waals surface area contributed by atoms with Gasteiger partial charge in [0.1, 0.15) is 5.52 Å². The standard InChI is InChI=1S/C16H20N4O.ClH/c1-11(17)14-7-2-3-10-20(14)16(21)12-5-4-6-13-15(12)19-9-8-18-13;/h4-6,8-9,11,14H,2-3,7,10,17H2,1H3;1H. The molecule has 3 rings (SSSR count). The number of carbonyl (C=O) groups excluding carboxylic acids is 1. The number of hydrogen-bond acceptors (Lipinski definition) is 4. The molecule has 1 amide bonds. The number of carbonyl (C=O) groups is 1. The summed E-state index contributed by atoms with van der Waals surface area (Å²) in [6.07, 6.45) is 6.40. The SMILES string of the molecule is CC(N)C1CCCCN1C(=O)c1cccc2nccnc12.Cl. The van der Waals surface area contributed by atoms with Gasteiger partial charge < -0.3 is 10.6 Å². The van der Waals surface area contributed by atoms with Crippen molar-refractivity contribution in [1.82, 2.24) is 14.9 Å². The molecule has 0 radical (unpaired) electrons. The maximum Gasteiger partial charge on any atom is 0.256 e. The van der Waals surface area contributed by atoms with Crippen LogP contribution in [0.2, 0.25) is 0 Å². The monoisotopic (exact) mass is 320 g/mol. The first-order valence-corrected chi connectivity index (χ1v) is 7.45. The smallest absolute Gasteiger partial charge is 0.256 e. The molecule has 1 saturated heterocycles. The molecular formula is C16H21ClN4O. The average Bonchev–Trinajstić information content (AvgIpc) is 2.53. The van der Waals surface area contributed by atoms with Crippen LogP contribution in [0.3, 0.4) is 0 Å².